The summed E-state index contributed by atoms with van der Waals surface area (Å²) < 4.78 is 0. The summed E-state index contributed by atoms with van der Waals surface area (Å²) in [6.45, 7) is 0.198. The largest absolute Gasteiger partial charge is 0.395 e. The molecule has 0 aliphatic heterocycles. The maximum atomic E-state index is 10.6. The molecule has 0 bridgehead atoms. The van der Waals surface area contributed by atoms with Crippen LogP contribution in [-0.2, 0) is 6.54 Å². The molecule has 0 radical (unpaired) electrons. The number of halogens is 1. The third-order valence-electron chi connectivity index (χ3n) is 3.18. The third kappa shape index (κ3) is 4.25. The minimum absolute atomic E-state index is 0.0438. The van der Waals surface area contributed by atoms with Crippen molar-refractivity contribution < 1.29 is 15.1 Å². The maximum absolute atomic E-state index is 10.6. The van der Waals surface area contributed by atoms with Gasteiger partial charge in [-0.2, -0.15) is 0 Å². The quantitative estimate of drug-likeness (QED) is 0.530. The SMILES string of the molecule is O=[N+]([O-])c1ccc([C@H](O)[C@@H](CO)NCc2cc(Cl)cs2)cc1. The number of non-ortho nitro benzene ring substituents is 1. The molecule has 6 nitrogen and oxygen atoms in total. The molecule has 2 rings (SSSR count). The van der Waals surface area contributed by atoms with Crippen molar-refractivity contribution in [2.24, 2.45) is 0 Å². The number of rotatable bonds is 7. The second-order valence-electron chi connectivity index (χ2n) is 4.69. The van der Waals surface area contributed by atoms with Crippen LogP contribution >= 0.6 is 22.9 Å². The smallest absolute Gasteiger partial charge is 0.269 e. The fourth-order valence-electron chi connectivity index (χ4n) is 1.98. The van der Waals surface area contributed by atoms with E-state index in [1.807, 2.05) is 6.07 Å². The summed E-state index contributed by atoms with van der Waals surface area (Å²) in [4.78, 5) is 11.1. The first-order valence-corrected chi connectivity index (χ1v) is 7.76. The molecule has 0 amide bonds. The molecule has 0 fully saturated rings. The number of nitrogens with zero attached hydrogens (tertiary/aromatic N) is 1. The summed E-state index contributed by atoms with van der Waals surface area (Å²) in [6.07, 6.45) is -0.971. The number of nitrogens with one attached hydrogen (secondary N) is 1. The standard InChI is InChI=1S/C14H15ClN2O4S/c15-10-5-12(22-8-10)6-16-13(7-18)14(19)9-1-3-11(4-2-9)17(20)21/h1-5,8,13-14,16,18-19H,6-7H2/t13-,14+/m1/s1. The number of nitro benzene ring substituents is 1. The van der Waals surface area contributed by atoms with Gasteiger partial charge in [-0.05, 0) is 23.8 Å². The van der Waals surface area contributed by atoms with E-state index < -0.39 is 17.1 Å². The highest BCUT2D eigenvalue weighted by atomic mass is 35.5. The van der Waals surface area contributed by atoms with Crippen LogP contribution in [0, 0.1) is 10.1 Å². The van der Waals surface area contributed by atoms with E-state index in [0.717, 1.165) is 4.88 Å². The minimum atomic E-state index is -0.971. The Kier molecular flexibility index (Phi) is 5.87. The van der Waals surface area contributed by atoms with E-state index in [1.54, 1.807) is 5.38 Å². The van der Waals surface area contributed by atoms with Crippen molar-refractivity contribution in [1.82, 2.24) is 5.32 Å². The van der Waals surface area contributed by atoms with Gasteiger partial charge >= 0.3 is 0 Å². The molecule has 118 valence electrons. The number of hydrogen-bond acceptors (Lipinski definition) is 6. The lowest BCUT2D eigenvalue weighted by Crippen LogP contribution is -2.37. The zero-order valence-corrected chi connectivity index (χ0v) is 13.0. The van der Waals surface area contributed by atoms with Crippen molar-refractivity contribution in [2.45, 2.75) is 18.7 Å². The molecule has 1 aromatic heterocycles. The Morgan fingerprint density at radius 2 is 2.05 bits per heavy atom. The van der Waals surface area contributed by atoms with Gasteiger partial charge in [0.15, 0.2) is 0 Å². The fourth-order valence-corrected chi connectivity index (χ4v) is 3.00. The summed E-state index contributed by atoms with van der Waals surface area (Å²) in [5.41, 5.74) is 0.457. The van der Waals surface area contributed by atoms with Gasteiger partial charge in [0.1, 0.15) is 0 Å². The normalized spacial score (nSPS) is 13.8. The van der Waals surface area contributed by atoms with Crippen molar-refractivity contribution in [3.05, 3.63) is 61.3 Å². The predicted molar refractivity (Wildman–Crippen MR) is 85.1 cm³/mol. The summed E-state index contributed by atoms with van der Waals surface area (Å²) >= 11 is 7.32. The van der Waals surface area contributed by atoms with Crippen molar-refractivity contribution in [3.63, 3.8) is 0 Å². The first kappa shape index (κ1) is 16.9. The van der Waals surface area contributed by atoms with E-state index in [-0.39, 0.29) is 12.3 Å². The Labute approximate surface area is 136 Å². The van der Waals surface area contributed by atoms with E-state index >= 15 is 0 Å². The van der Waals surface area contributed by atoms with Gasteiger partial charge in [-0.3, -0.25) is 10.1 Å². The van der Waals surface area contributed by atoms with Gasteiger partial charge in [0, 0.05) is 28.9 Å². The topological polar surface area (TPSA) is 95.6 Å². The molecule has 0 saturated carbocycles. The molecule has 8 heteroatoms. The Morgan fingerprint density at radius 1 is 1.36 bits per heavy atom. The molecule has 0 unspecified atom stereocenters. The highest BCUT2D eigenvalue weighted by molar-refractivity contribution is 7.10. The minimum Gasteiger partial charge on any atom is -0.395 e. The average Bonchev–Trinajstić information content (AvgIpc) is 2.93. The molecule has 0 saturated heterocycles. The molecular weight excluding hydrogens is 328 g/mol. The Bertz CT molecular complexity index is 632. The van der Waals surface area contributed by atoms with Crippen LogP contribution in [0.25, 0.3) is 0 Å². The van der Waals surface area contributed by atoms with Crippen molar-refractivity contribution in [1.29, 1.82) is 0 Å². The van der Waals surface area contributed by atoms with Crippen molar-refractivity contribution in [3.8, 4) is 0 Å². The van der Waals surface area contributed by atoms with E-state index in [1.165, 1.54) is 35.6 Å². The molecule has 1 heterocycles. The van der Waals surface area contributed by atoms with E-state index in [2.05, 4.69) is 5.32 Å². The zero-order chi connectivity index (χ0) is 16.1. The van der Waals surface area contributed by atoms with Crippen molar-refractivity contribution in [2.75, 3.05) is 6.61 Å². The molecule has 2 atom stereocenters. The summed E-state index contributed by atoms with van der Waals surface area (Å²) in [5, 5.41) is 35.8. The first-order chi connectivity index (χ1) is 10.5. The zero-order valence-electron chi connectivity index (χ0n) is 11.5. The van der Waals surface area contributed by atoms with Gasteiger partial charge in [-0.15, -0.1) is 11.3 Å². The van der Waals surface area contributed by atoms with Gasteiger partial charge in [0.2, 0.25) is 0 Å². The van der Waals surface area contributed by atoms with Gasteiger partial charge < -0.3 is 15.5 Å². The molecule has 3 N–H and O–H groups in total. The number of aliphatic hydroxyl groups excluding tert-OH is 2. The second kappa shape index (κ2) is 7.66. The lowest BCUT2D eigenvalue weighted by atomic mass is 10.0. The van der Waals surface area contributed by atoms with Gasteiger partial charge in [0.05, 0.1) is 28.7 Å². The van der Waals surface area contributed by atoms with Crippen LogP contribution in [0.4, 0.5) is 5.69 Å². The number of thiophene rings is 1. The molecule has 1 aromatic carbocycles. The van der Waals surface area contributed by atoms with E-state index in [4.69, 9.17) is 11.6 Å². The van der Waals surface area contributed by atoms with Crippen LogP contribution in [0.1, 0.15) is 16.5 Å². The Balaban J connectivity index is 2.01. The van der Waals surface area contributed by atoms with Crippen LogP contribution in [0.5, 0.6) is 0 Å². The number of aliphatic hydroxyl groups is 2. The Hall–Kier alpha value is -1.51. The fraction of sp³-hybridized carbons (Fsp3) is 0.286. The molecule has 22 heavy (non-hydrogen) atoms. The Morgan fingerprint density at radius 3 is 2.55 bits per heavy atom. The monoisotopic (exact) mass is 342 g/mol. The third-order valence-corrected chi connectivity index (χ3v) is 4.47. The van der Waals surface area contributed by atoms with E-state index in [9.17, 15) is 20.3 Å². The van der Waals surface area contributed by atoms with Crippen LogP contribution in [0.3, 0.4) is 0 Å². The maximum Gasteiger partial charge on any atom is 0.269 e. The molecule has 2 aromatic rings. The molecular formula is C14H15ClN2O4S. The van der Waals surface area contributed by atoms with Crippen LogP contribution in [-0.4, -0.2) is 27.8 Å². The number of benzene rings is 1. The van der Waals surface area contributed by atoms with Crippen molar-refractivity contribution >= 4 is 28.6 Å². The lowest BCUT2D eigenvalue weighted by molar-refractivity contribution is -0.384. The summed E-state index contributed by atoms with van der Waals surface area (Å²) in [5.74, 6) is 0. The predicted octanol–water partition coefficient (Wildman–Crippen LogP) is 2.49. The molecule has 0 spiro atoms. The lowest BCUT2D eigenvalue weighted by Gasteiger charge is -2.22. The average molecular weight is 343 g/mol. The second-order valence-corrected chi connectivity index (χ2v) is 6.13. The van der Waals surface area contributed by atoms with E-state index in [0.29, 0.717) is 17.1 Å². The van der Waals surface area contributed by atoms with Crippen LogP contribution in [0.15, 0.2) is 35.7 Å². The number of nitro groups is 1. The van der Waals surface area contributed by atoms with Crippen LogP contribution in [0.2, 0.25) is 5.02 Å². The molecule has 0 aliphatic carbocycles. The van der Waals surface area contributed by atoms with Gasteiger partial charge in [0.25, 0.3) is 5.69 Å². The van der Waals surface area contributed by atoms with Gasteiger partial charge in [-0.25, -0.2) is 0 Å². The first-order valence-electron chi connectivity index (χ1n) is 6.51. The highest BCUT2D eigenvalue weighted by Gasteiger charge is 2.20. The highest BCUT2D eigenvalue weighted by Crippen LogP contribution is 2.22. The van der Waals surface area contributed by atoms with Crippen LogP contribution < -0.4 is 5.32 Å². The summed E-state index contributed by atoms with van der Waals surface area (Å²) in [6, 6.07) is 6.84. The molecule has 0 aliphatic rings. The number of hydrogen-bond donors (Lipinski definition) is 3. The summed E-state index contributed by atoms with van der Waals surface area (Å²) in [7, 11) is 0. The van der Waals surface area contributed by atoms with Gasteiger partial charge in [-0.1, -0.05) is 11.6 Å².